The topological polar surface area (TPSA) is 87.8 Å². The van der Waals surface area contributed by atoms with Crippen LogP contribution in [0.25, 0.3) is 0 Å². The first-order valence-corrected chi connectivity index (χ1v) is 6.55. The zero-order valence-electron chi connectivity index (χ0n) is 12.2. The van der Waals surface area contributed by atoms with E-state index in [0.29, 0.717) is 24.3 Å². The molecule has 0 fully saturated rings. The average Bonchev–Trinajstić information content (AvgIpc) is 2.38. The van der Waals surface area contributed by atoms with Crippen molar-refractivity contribution in [2.45, 2.75) is 13.0 Å². The Morgan fingerprint density at radius 3 is 2.80 bits per heavy atom. The number of nitrogens with zero attached hydrogens (tertiary/aromatic N) is 1. The van der Waals surface area contributed by atoms with Gasteiger partial charge in [-0.05, 0) is 25.1 Å². The average molecular weight is 281 g/mol. The molecular weight excluding hydrogens is 258 g/mol. The van der Waals surface area contributed by atoms with Gasteiger partial charge >= 0.3 is 0 Å². The minimum absolute atomic E-state index is 0.146. The van der Waals surface area contributed by atoms with E-state index in [9.17, 15) is 9.90 Å². The smallest absolute Gasteiger partial charge is 0.251 e. The number of benzene rings is 1. The minimum Gasteiger partial charge on any atom is -0.397 e. The highest BCUT2D eigenvalue weighted by Crippen LogP contribution is 2.23. The maximum Gasteiger partial charge on any atom is 0.251 e. The van der Waals surface area contributed by atoms with Crippen LogP contribution in [-0.4, -0.2) is 51.0 Å². The van der Waals surface area contributed by atoms with Gasteiger partial charge in [0.2, 0.25) is 0 Å². The molecule has 1 aromatic rings. The zero-order valence-corrected chi connectivity index (χ0v) is 12.2. The molecule has 1 amide bonds. The Hall–Kier alpha value is -1.79. The highest BCUT2D eigenvalue weighted by molar-refractivity contribution is 5.96. The molecule has 1 rings (SSSR count). The number of carbonyl (C=O) groups excluding carboxylic acids is 1. The summed E-state index contributed by atoms with van der Waals surface area (Å²) in [7, 11) is 3.37. The molecule has 1 aromatic carbocycles. The van der Waals surface area contributed by atoms with E-state index < -0.39 is 6.10 Å². The number of aliphatic hydroxyl groups is 1. The minimum atomic E-state index is -0.590. The maximum absolute atomic E-state index is 11.7. The highest BCUT2D eigenvalue weighted by Gasteiger charge is 2.13. The van der Waals surface area contributed by atoms with Crippen LogP contribution in [0.1, 0.15) is 17.3 Å². The summed E-state index contributed by atoms with van der Waals surface area (Å²) in [5.41, 5.74) is 7.77. The lowest BCUT2D eigenvalue weighted by Crippen LogP contribution is -2.32. The largest absolute Gasteiger partial charge is 0.397 e. The number of hydrogen-bond acceptors (Lipinski definition) is 5. The lowest BCUT2D eigenvalue weighted by molar-refractivity contribution is 0.0695. The number of likely N-dealkylation sites (N-methyl/N-ethyl adjacent to an activating group) is 1. The molecule has 0 aliphatic rings. The van der Waals surface area contributed by atoms with E-state index in [1.807, 2.05) is 18.9 Å². The van der Waals surface area contributed by atoms with Gasteiger partial charge in [0, 0.05) is 32.8 Å². The summed E-state index contributed by atoms with van der Waals surface area (Å²) in [6.07, 6.45) is -0.590. The van der Waals surface area contributed by atoms with Crippen LogP contribution in [0, 0.1) is 0 Å². The van der Waals surface area contributed by atoms with E-state index in [2.05, 4.69) is 5.32 Å². The van der Waals surface area contributed by atoms with Crippen molar-refractivity contribution in [2.24, 2.45) is 0 Å². The van der Waals surface area contributed by atoms with E-state index in [0.717, 1.165) is 5.69 Å². The standard InChI is InChI=1S/C14H23N3O3/c1-4-16-14(19)10-5-6-13(12(15)7-10)17(2)8-11(18)9-20-3/h5-7,11,18H,4,8-9,15H2,1-3H3,(H,16,19). The van der Waals surface area contributed by atoms with Crippen molar-refractivity contribution in [3.8, 4) is 0 Å². The van der Waals surface area contributed by atoms with Crippen molar-refractivity contribution >= 4 is 17.3 Å². The summed E-state index contributed by atoms with van der Waals surface area (Å²) in [5, 5.41) is 12.4. The Morgan fingerprint density at radius 1 is 1.55 bits per heavy atom. The fourth-order valence-corrected chi connectivity index (χ4v) is 1.97. The molecule has 0 aliphatic carbocycles. The number of amides is 1. The zero-order chi connectivity index (χ0) is 15.1. The van der Waals surface area contributed by atoms with Gasteiger partial charge in [0.05, 0.1) is 24.1 Å². The number of nitrogen functional groups attached to an aromatic ring is 1. The summed E-state index contributed by atoms with van der Waals surface area (Å²) >= 11 is 0. The first-order valence-electron chi connectivity index (χ1n) is 6.55. The van der Waals surface area contributed by atoms with Crippen molar-refractivity contribution in [1.82, 2.24) is 5.32 Å². The van der Waals surface area contributed by atoms with E-state index in [1.54, 1.807) is 25.3 Å². The molecule has 0 aromatic heterocycles. The molecule has 6 nitrogen and oxygen atoms in total. The van der Waals surface area contributed by atoms with Crippen LogP contribution in [-0.2, 0) is 4.74 Å². The molecule has 20 heavy (non-hydrogen) atoms. The van der Waals surface area contributed by atoms with Gasteiger partial charge in [0.25, 0.3) is 5.91 Å². The predicted octanol–water partition coefficient (Wildman–Crippen LogP) is 0.462. The Bertz CT molecular complexity index is 451. The Labute approximate surface area is 119 Å². The van der Waals surface area contributed by atoms with Crippen LogP contribution in [0.2, 0.25) is 0 Å². The molecule has 1 unspecified atom stereocenters. The summed E-state index contributed by atoms with van der Waals surface area (Å²) in [6.45, 7) is 3.10. The number of carbonyl (C=O) groups is 1. The van der Waals surface area contributed by atoms with E-state index in [1.165, 1.54) is 0 Å². The normalized spacial score (nSPS) is 12.0. The number of anilines is 2. The molecule has 6 heteroatoms. The molecule has 0 radical (unpaired) electrons. The van der Waals surface area contributed by atoms with Crippen molar-refractivity contribution in [3.05, 3.63) is 23.8 Å². The van der Waals surface area contributed by atoms with E-state index in [-0.39, 0.29) is 12.5 Å². The van der Waals surface area contributed by atoms with E-state index in [4.69, 9.17) is 10.5 Å². The summed E-state index contributed by atoms with van der Waals surface area (Å²) in [6, 6.07) is 5.13. The third-order valence-corrected chi connectivity index (χ3v) is 2.88. The van der Waals surface area contributed by atoms with Crippen LogP contribution < -0.4 is 16.0 Å². The Balaban J connectivity index is 2.79. The fourth-order valence-electron chi connectivity index (χ4n) is 1.97. The molecule has 112 valence electrons. The first-order chi connectivity index (χ1) is 9.49. The third kappa shape index (κ3) is 4.40. The van der Waals surface area contributed by atoms with Crippen molar-refractivity contribution in [2.75, 3.05) is 44.5 Å². The van der Waals surface area contributed by atoms with E-state index >= 15 is 0 Å². The lowest BCUT2D eigenvalue weighted by atomic mass is 10.1. The predicted molar refractivity (Wildman–Crippen MR) is 80.0 cm³/mol. The van der Waals surface area contributed by atoms with Gasteiger partial charge in [-0.25, -0.2) is 0 Å². The summed E-state index contributed by atoms with van der Waals surface area (Å²) in [5.74, 6) is -0.146. The molecule has 0 heterocycles. The quantitative estimate of drug-likeness (QED) is 0.632. The lowest BCUT2D eigenvalue weighted by Gasteiger charge is -2.24. The monoisotopic (exact) mass is 281 g/mol. The number of nitrogens with two attached hydrogens (primary N) is 1. The van der Waals surface area contributed by atoms with Crippen LogP contribution in [0.15, 0.2) is 18.2 Å². The fraction of sp³-hybridized carbons (Fsp3) is 0.500. The number of hydrogen-bond donors (Lipinski definition) is 3. The molecule has 0 saturated carbocycles. The van der Waals surface area contributed by atoms with Crippen LogP contribution in [0.5, 0.6) is 0 Å². The molecule has 1 atom stereocenters. The molecule has 0 spiro atoms. The highest BCUT2D eigenvalue weighted by atomic mass is 16.5. The second-order valence-electron chi connectivity index (χ2n) is 4.62. The van der Waals surface area contributed by atoms with Crippen LogP contribution in [0.4, 0.5) is 11.4 Å². The van der Waals surface area contributed by atoms with Crippen LogP contribution in [0.3, 0.4) is 0 Å². The summed E-state index contributed by atoms with van der Waals surface area (Å²) in [4.78, 5) is 13.5. The second-order valence-corrected chi connectivity index (χ2v) is 4.62. The number of nitrogens with one attached hydrogen (secondary N) is 1. The maximum atomic E-state index is 11.7. The molecule has 0 aliphatic heterocycles. The van der Waals surface area contributed by atoms with Crippen LogP contribution >= 0.6 is 0 Å². The van der Waals surface area contributed by atoms with Gasteiger partial charge in [0.15, 0.2) is 0 Å². The molecule has 0 bridgehead atoms. The second kappa shape index (κ2) is 7.72. The van der Waals surface area contributed by atoms with Gasteiger partial charge in [-0.2, -0.15) is 0 Å². The van der Waals surface area contributed by atoms with Gasteiger partial charge in [-0.15, -0.1) is 0 Å². The Kier molecular flexibility index (Phi) is 6.27. The van der Waals surface area contributed by atoms with Gasteiger partial charge in [-0.3, -0.25) is 4.79 Å². The molecular formula is C14H23N3O3. The number of ether oxygens (including phenoxy) is 1. The van der Waals surface area contributed by atoms with Crippen molar-refractivity contribution in [1.29, 1.82) is 0 Å². The molecule has 4 N–H and O–H groups in total. The SMILES string of the molecule is CCNC(=O)c1ccc(N(C)CC(O)COC)c(N)c1. The van der Waals surface area contributed by atoms with Gasteiger partial charge in [0.1, 0.15) is 0 Å². The first kappa shape index (κ1) is 16.3. The number of rotatable bonds is 7. The van der Waals surface area contributed by atoms with Crippen molar-refractivity contribution < 1.29 is 14.6 Å². The number of methoxy groups -OCH3 is 1. The van der Waals surface area contributed by atoms with Gasteiger partial charge < -0.3 is 25.8 Å². The summed E-state index contributed by atoms with van der Waals surface area (Å²) < 4.78 is 4.89. The third-order valence-electron chi connectivity index (χ3n) is 2.88. The van der Waals surface area contributed by atoms with Crippen molar-refractivity contribution in [3.63, 3.8) is 0 Å². The molecule has 0 saturated heterocycles. The number of aliphatic hydroxyl groups excluding tert-OH is 1. The Morgan fingerprint density at radius 2 is 2.25 bits per heavy atom. The van der Waals surface area contributed by atoms with Gasteiger partial charge in [-0.1, -0.05) is 0 Å².